The Balaban J connectivity index is 1.03. The van der Waals surface area contributed by atoms with Crippen molar-refractivity contribution in [2.24, 2.45) is 0 Å². The van der Waals surface area contributed by atoms with Crippen molar-refractivity contribution in [2.75, 3.05) is 10.2 Å². The summed E-state index contributed by atoms with van der Waals surface area (Å²) in [5.41, 5.74) is 15.1. The molecule has 1 N–H and O–H groups in total. The molecule has 8 rings (SSSR count). The lowest BCUT2D eigenvalue weighted by atomic mass is 10.0. The van der Waals surface area contributed by atoms with Crippen molar-refractivity contribution < 1.29 is 0 Å². The number of nitrogens with one attached hydrogen (secondary N) is 1. The third-order valence-corrected chi connectivity index (χ3v) is 9.31. The van der Waals surface area contributed by atoms with Crippen molar-refractivity contribution in [1.29, 1.82) is 0 Å². The van der Waals surface area contributed by atoms with Gasteiger partial charge in [-0.3, -0.25) is 0 Å². The highest BCUT2D eigenvalue weighted by Crippen LogP contribution is 2.37. The molecule has 0 atom stereocenters. The predicted molar refractivity (Wildman–Crippen MR) is 218 cm³/mol. The van der Waals surface area contributed by atoms with E-state index in [1.54, 1.807) is 0 Å². The molecular weight excluding hydrogens is 617 g/mol. The fourth-order valence-corrected chi connectivity index (χ4v) is 6.57. The smallest absolute Gasteiger partial charge is 0.0462 e. The van der Waals surface area contributed by atoms with Gasteiger partial charge in [0.2, 0.25) is 0 Å². The normalized spacial score (nSPS) is 12.2. The molecule has 2 nitrogen and oxygen atoms in total. The first-order valence-corrected chi connectivity index (χ1v) is 17.5. The molecule has 2 heteroatoms. The molecule has 1 aliphatic carbocycles. The molecule has 0 heterocycles. The predicted octanol–water partition coefficient (Wildman–Crippen LogP) is 13.8. The first kappa shape index (κ1) is 31.6. The lowest BCUT2D eigenvalue weighted by Gasteiger charge is -2.26. The van der Waals surface area contributed by atoms with Gasteiger partial charge in [-0.1, -0.05) is 152 Å². The second-order valence-electron chi connectivity index (χ2n) is 12.7. The summed E-state index contributed by atoms with van der Waals surface area (Å²) in [5.74, 6) is 0. The zero-order chi connectivity index (χ0) is 34.2. The summed E-state index contributed by atoms with van der Waals surface area (Å²) in [6.45, 7) is 0. The standard InChI is InChI=1S/C49H38N2/c1-2-6-12-38(11-5-1)42-21-31-47(32-22-42)51(48-33-23-43(24-34-48)39-15-9-4-10-16-39)49-35-25-44(26-36-49)41-19-29-46(30-20-41)50-45-27-17-40(18-28-45)37-13-7-3-8-14-37/h1-5,7-36,50H,6H2. The van der Waals surface area contributed by atoms with Gasteiger partial charge in [0.25, 0.3) is 0 Å². The van der Waals surface area contributed by atoms with E-state index in [4.69, 9.17) is 0 Å². The van der Waals surface area contributed by atoms with E-state index in [0.29, 0.717) is 0 Å². The average molecular weight is 655 g/mol. The Labute approximate surface area is 301 Å². The Morgan fingerprint density at radius 2 is 0.725 bits per heavy atom. The van der Waals surface area contributed by atoms with Crippen molar-refractivity contribution in [3.05, 3.63) is 218 Å². The van der Waals surface area contributed by atoms with E-state index >= 15 is 0 Å². The number of anilines is 5. The van der Waals surface area contributed by atoms with Gasteiger partial charge in [-0.15, -0.1) is 0 Å². The van der Waals surface area contributed by atoms with Gasteiger partial charge < -0.3 is 10.2 Å². The van der Waals surface area contributed by atoms with Crippen molar-refractivity contribution in [3.63, 3.8) is 0 Å². The van der Waals surface area contributed by atoms with Crippen LogP contribution in [0.5, 0.6) is 0 Å². The molecule has 51 heavy (non-hydrogen) atoms. The summed E-state index contributed by atoms with van der Waals surface area (Å²) < 4.78 is 0. The SMILES string of the molecule is C1=CCC=C(c2ccc(N(c3ccc(-c4ccccc4)cc3)c3ccc(-c4ccc(Nc5ccc(-c6ccccc6)cc5)cc4)cc3)cc2)C=C1. The third kappa shape index (κ3) is 7.36. The quantitative estimate of drug-likeness (QED) is 0.167. The Morgan fingerprint density at radius 3 is 1.16 bits per heavy atom. The monoisotopic (exact) mass is 654 g/mol. The van der Waals surface area contributed by atoms with Crippen LogP contribution in [0.25, 0.3) is 39.0 Å². The third-order valence-electron chi connectivity index (χ3n) is 9.31. The van der Waals surface area contributed by atoms with Crippen LogP contribution in [0, 0.1) is 0 Å². The number of hydrogen-bond donors (Lipinski definition) is 1. The summed E-state index contributed by atoms with van der Waals surface area (Å²) >= 11 is 0. The minimum absolute atomic E-state index is 0.943. The number of rotatable bonds is 9. The van der Waals surface area contributed by atoms with Gasteiger partial charge >= 0.3 is 0 Å². The minimum Gasteiger partial charge on any atom is -0.356 e. The topological polar surface area (TPSA) is 15.3 Å². The highest BCUT2D eigenvalue weighted by molar-refractivity contribution is 5.82. The van der Waals surface area contributed by atoms with E-state index < -0.39 is 0 Å². The number of allylic oxidation sites excluding steroid dienone is 6. The Kier molecular flexibility index (Phi) is 9.21. The Hall–Kier alpha value is -6.64. The van der Waals surface area contributed by atoms with Crippen LogP contribution in [0.2, 0.25) is 0 Å². The van der Waals surface area contributed by atoms with Crippen LogP contribution < -0.4 is 10.2 Å². The van der Waals surface area contributed by atoms with E-state index in [-0.39, 0.29) is 0 Å². The van der Waals surface area contributed by atoms with Crippen LogP contribution in [-0.2, 0) is 0 Å². The van der Waals surface area contributed by atoms with Gasteiger partial charge in [0.15, 0.2) is 0 Å². The van der Waals surface area contributed by atoms with E-state index in [1.165, 1.54) is 44.5 Å². The van der Waals surface area contributed by atoms with Crippen molar-refractivity contribution in [2.45, 2.75) is 6.42 Å². The molecular formula is C49H38N2. The molecule has 0 aliphatic heterocycles. The van der Waals surface area contributed by atoms with Crippen molar-refractivity contribution in [1.82, 2.24) is 0 Å². The van der Waals surface area contributed by atoms with Gasteiger partial charge in [0, 0.05) is 28.4 Å². The molecule has 0 amide bonds. The molecule has 7 aromatic carbocycles. The summed E-state index contributed by atoms with van der Waals surface area (Å²) in [6.07, 6.45) is 11.8. The summed E-state index contributed by atoms with van der Waals surface area (Å²) in [7, 11) is 0. The van der Waals surface area contributed by atoms with Crippen LogP contribution >= 0.6 is 0 Å². The highest BCUT2D eigenvalue weighted by Gasteiger charge is 2.14. The molecule has 0 saturated heterocycles. The van der Waals surface area contributed by atoms with Gasteiger partial charge in [0.05, 0.1) is 0 Å². The second kappa shape index (κ2) is 14.9. The van der Waals surface area contributed by atoms with E-state index in [2.05, 4.69) is 217 Å². The van der Waals surface area contributed by atoms with Crippen LogP contribution in [0.4, 0.5) is 28.4 Å². The van der Waals surface area contributed by atoms with Gasteiger partial charge in [-0.25, -0.2) is 0 Å². The maximum atomic E-state index is 3.55. The van der Waals surface area contributed by atoms with Gasteiger partial charge in [-0.2, -0.15) is 0 Å². The Bertz CT molecular complexity index is 2280. The van der Waals surface area contributed by atoms with Gasteiger partial charge in [-0.05, 0) is 112 Å². The minimum atomic E-state index is 0.943. The molecule has 0 fully saturated rings. The molecule has 7 aromatic rings. The summed E-state index contributed by atoms with van der Waals surface area (Å²) in [4.78, 5) is 2.33. The molecule has 0 unspecified atom stereocenters. The van der Waals surface area contributed by atoms with E-state index in [0.717, 1.165) is 34.9 Å². The van der Waals surface area contributed by atoms with E-state index in [1.807, 2.05) is 6.07 Å². The Morgan fingerprint density at radius 1 is 0.353 bits per heavy atom. The molecule has 0 aromatic heterocycles. The largest absolute Gasteiger partial charge is 0.356 e. The van der Waals surface area contributed by atoms with Crippen LogP contribution in [0.3, 0.4) is 0 Å². The molecule has 0 spiro atoms. The van der Waals surface area contributed by atoms with Gasteiger partial charge in [0.1, 0.15) is 0 Å². The molecule has 0 radical (unpaired) electrons. The van der Waals surface area contributed by atoms with Crippen LogP contribution in [0.1, 0.15) is 12.0 Å². The number of nitrogens with zero attached hydrogens (tertiary/aromatic N) is 1. The van der Waals surface area contributed by atoms with E-state index in [9.17, 15) is 0 Å². The fourth-order valence-electron chi connectivity index (χ4n) is 6.57. The van der Waals surface area contributed by atoms with Crippen LogP contribution in [0.15, 0.2) is 212 Å². The first-order valence-electron chi connectivity index (χ1n) is 17.5. The van der Waals surface area contributed by atoms with Crippen LogP contribution in [-0.4, -0.2) is 0 Å². The lowest BCUT2D eigenvalue weighted by Crippen LogP contribution is -2.09. The fraction of sp³-hybridized carbons (Fsp3) is 0.0204. The maximum Gasteiger partial charge on any atom is 0.0462 e. The average Bonchev–Trinajstić information content (AvgIpc) is 3.50. The first-order chi connectivity index (χ1) is 25.3. The highest BCUT2D eigenvalue weighted by atomic mass is 15.1. The zero-order valence-electron chi connectivity index (χ0n) is 28.4. The zero-order valence-corrected chi connectivity index (χ0v) is 28.4. The number of benzene rings is 7. The summed E-state index contributed by atoms with van der Waals surface area (Å²) in [6, 6.07) is 64.9. The molecule has 0 saturated carbocycles. The second-order valence-corrected chi connectivity index (χ2v) is 12.7. The maximum absolute atomic E-state index is 3.55. The molecule has 244 valence electrons. The van der Waals surface area contributed by atoms with Crippen molar-refractivity contribution >= 4 is 34.0 Å². The lowest BCUT2D eigenvalue weighted by molar-refractivity contribution is 1.28. The summed E-state index contributed by atoms with van der Waals surface area (Å²) in [5, 5.41) is 3.55. The molecule has 0 bridgehead atoms. The molecule has 1 aliphatic rings. The van der Waals surface area contributed by atoms with Crippen molar-refractivity contribution in [3.8, 4) is 33.4 Å². The number of hydrogen-bond acceptors (Lipinski definition) is 2.